The van der Waals surface area contributed by atoms with Crippen LogP contribution in [0.4, 0.5) is 5.13 Å². The first-order valence-electron chi connectivity index (χ1n) is 11.9. The zero-order valence-corrected chi connectivity index (χ0v) is 23.2. The summed E-state index contributed by atoms with van der Waals surface area (Å²) in [6.45, 7) is 4.80. The van der Waals surface area contributed by atoms with Crippen LogP contribution in [-0.4, -0.2) is 43.8 Å². The second-order valence-electron chi connectivity index (χ2n) is 8.27. The highest BCUT2D eigenvalue weighted by molar-refractivity contribution is 7.89. The Labute approximate surface area is 225 Å². The van der Waals surface area contributed by atoms with Crippen LogP contribution < -0.4 is 9.64 Å². The summed E-state index contributed by atoms with van der Waals surface area (Å²) in [5.74, 6) is 0.762. The molecule has 0 N–H and O–H groups in total. The maximum atomic E-state index is 13.7. The van der Waals surface area contributed by atoms with Gasteiger partial charge in [0.1, 0.15) is 17.0 Å². The number of unbranched alkanes of at least 4 members (excludes halogenated alkanes) is 1. The number of benzene rings is 2. The van der Waals surface area contributed by atoms with E-state index in [4.69, 9.17) is 20.8 Å². The van der Waals surface area contributed by atoms with Crippen molar-refractivity contribution in [2.75, 3.05) is 25.1 Å². The van der Waals surface area contributed by atoms with Crippen LogP contribution in [0.25, 0.3) is 10.2 Å². The minimum atomic E-state index is -3.65. The molecule has 0 aliphatic carbocycles. The summed E-state index contributed by atoms with van der Waals surface area (Å²) in [6, 6.07) is 13.0. The summed E-state index contributed by atoms with van der Waals surface area (Å²) >= 11 is 7.67. The monoisotopic (exact) mass is 561 g/mol. The molecule has 2 aromatic carbocycles. The predicted molar refractivity (Wildman–Crippen MR) is 146 cm³/mol. The molecule has 1 amide bonds. The van der Waals surface area contributed by atoms with E-state index in [1.165, 1.54) is 51.1 Å². The quantitative estimate of drug-likeness (QED) is 0.216. The number of hydrogen-bond donors (Lipinski definition) is 0. The van der Waals surface area contributed by atoms with Gasteiger partial charge < -0.3 is 9.15 Å². The van der Waals surface area contributed by atoms with Crippen molar-refractivity contribution >= 4 is 54.2 Å². The number of methoxy groups -OCH3 is 1. The van der Waals surface area contributed by atoms with E-state index >= 15 is 0 Å². The number of nitrogens with zero attached hydrogens (tertiary/aromatic N) is 3. The molecule has 11 heteroatoms. The van der Waals surface area contributed by atoms with Crippen LogP contribution in [0, 0.1) is 0 Å². The number of amides is 1. The minimum absolute atomic E-state index is 0.131. The predicted octanol–water partition coefficient (Wildman–Crippen LogP) is 6.21. The summed E-state index contributed by atoms with van der Waals surface area (Å²) in [5, 5.41) is 0.916. The molecule has 4 aromatic rings. The average molecular weight is 562 g/mol. The zero-order valence-electron chi connectivity index (χ0n) is 20.8. The number of halogens is 1. The molecule has 2 aromatic heterocycles. The number of furan rings is 1. The summed E-state index contributed by atoms with van der Waals surface area (Å²) in [7, 11) is -2.11. The number of aromatic nitrogens is 1. The van der Waals surface area contributed by atoms with E-state index in [-0.39, 0.29) is 17.3 Å². The molecule has 0 radical (unpaired) electrons. The Morgan fingerprint density at radius 3 is 2.51 bits per heavy atom. The molecular weight excluding hydrogens is 534 g/mol. The van der Waals surface area contributed by atoms with Gasteiger partial charge in [-0.05, 0) is 55.0 Å². The first-order valence-corrected chi connectivity index (χ1v) is 14.5. The number of anilines is 1. The van der Waals surface area contributed by atoms with Gasteiger partial charge >= 0.3 is 0 Å². The SMILES string of the molecule is CCCCN(CC)S(=O)(=O)c1ccc(C(=O)N(Cc2ccco2)c2nc3c(OC)ccc(Cl)c3s2)cc1. The number of carbonyl (C=O) groups excluding carboxylic acids is 1. The van der Waals surface area contributed by atoms with Gasteiger partial charge in [-0.3, -0.25) is 9.69 Å². The lowest BCUT2D eigenvalue weighted by Gasteiger charge is -2.21. The molecule has 0 unspecified atom stereocenters. The van der Waals surface area contributed by atoms with E-state index in [1.807, 2.05) is 13.8 Å². The third kappa shape index (κ3) is 5.67. The molecule has 0 saturated heterocycles. The van der Waals surface area contributed by atoms with Crippen LogP contribution in [0.15, 0.2) is 64.1 Å². The lowest BCUT2D eigenvalue weighted by molar-refractivity contribution is 0.0983. The topological polar surface area (TPSA) is 93.0 Å². The van der Waals surface area contributed by atoms with Crippen LogP contribution in [-0.2, 0) is 16.6 Å². The number of sulfonamides is 1. The molecule has 0 atom stereocenters. The number of rotatable bonds is 11. The van der Waals surface area contributed by atoms with Crippen molar-refractivity contribution in [2.24, 2.45) is 0 Å². The highest BCUT2D eigenvalue weighted by atomic mass is 35.5. The number of ether oxygens (including phenoxy) is 1. The summed E-state index contributed by atoms with van der Waals surface area (Å²) in [6.07, 6.45) is 3.21. The molecule has 0 saturated carbocycles. The Hall–Kier alpha value is -2.92. The van der Waals surface area contributed by atoms with E-state index in [0.717, 1.165) is 12.8 Å². The summed E-state index contributed by atoms with van der Waals surface area (Å²) in [4.78, 5) is 20.0. The molecule has 8 nitrogen and oxygen atoms in total. The highest BCUT2D eigenvalue weighted by Crippen LogP contribution is 2.39. The van der Waals surface area contributed by atoms with Crippen LogP contribution in [0.5, 0.6) is 5.75 Å². The van der Waals surface area contributed by atoms with Crippen LogP contribution in [0.2, 0.25) is 5.02 Å². The van der Waals surface area contributed by atoms with E-state index in [1.54, 1.807) is 31.4 Å². The minimum Gasteiger partial charge on any atom is -0.494 e. The van der Waals surface area contributed by atoms with Crippen molar-refractivity contribution in [1.29, 1.82) is 0 Å². The molecule has 4 rings (SSSR count). The third-order valence-corrected chi connectivity index (χ3v) is 9.42. The van der Waals surface area contributed by atoms with Crippen molar-refractivity contribution in [3.63, 3.8) is 0 Å². The van der Waals surface area contributed by atoms with Crippen molar-refractivity contribution in [3.8, 4) is 5.75 Å². The average Bonchev–Trinajstić information content (AvgIpc) is 3.58. The second-order valence-corrected chi connectivity index (χ2v) is 11.6. The molecule has 37 heavy (non-hydrogen) atoms. The lowest BCUT2D eigenvalue weighted by atomic mass is 10.2. The third-order valence-electron chi connectivity index (χ3n) is 5.89. The number of thiazole rings is 1. The number of hydrogen-bond acceptors (Lipinski definition) is 7. The fraction of sp³-hybridized carbons (Fsp3) is 0.308. The van der Waals surface area contributed by atoms with Gasteiger partial charge in [0.2, 0.25) is 10.0 Å². The smallest absolute Gasteiger partial charge is 0.260 e. The standard InChI is InChI=1S/C26H28ClN3O5S2/c1-4-6-15-29(5-2)37(32,33)20-11-9-18(10-12-20)25(31)30(17-19-8-7-16-35-19)26-28-23-22(34-3)14-13-21(27)24(23)36-26/h7-14,16H,4-6,15,17H2,1-3H3. The fourth-order valence-electron chi connectivity index (χ4n) is 3.86. The largest absolute Gasteiger partial charge is 0.494 e. The zero-order chi connectivity index (χ0) is 26.6. The maximum Gasteiger partial charge on any atom is 0.260 e. The van der Waals surface area contributed by atoms with Gasteiger partial charge in [-0.15, -0.1) is 0 Å². The Balaban J connectivity index is 1.69. The van der Waals surface area contributed by atoms with Gasteiger partial charge in [0.25, 0.3) is 5.91 Å². The van der Waals surface area contributed by atoms with Crippen molar-refractivity contribution in [3.05, 3.63) is 71.1 Å². The van der Waals surface area contributed by atoms with Crippen LogP contribution >= 0.6 is 22.9 Å². The fourth-order valence-corrected chi connectivity index (χ4v) is 6.60. The normalized spacial score (nSPS) is 11.8. The van der Waals surface area contributed by atoms with Crippen molar-refractivity contribution in [1.82, 2.24) is 9.29 Å². The van der Waals surface area contributed by atoms with Crippen LogP contribution in [0.3, 0.4) is 0 Å². The summed E-state index contributed by atoms with van der Waals surface area (Å²) in [5.41, 5.74) is 0.875. The first kappa shape index (κ1) is 27.1. The molecule has 0 spiro atoms. The van der Waals surface area contributed by atoms with Crippen LogP contribution in [0.1, 0.15) is 42.8 Å². The molecule has 0 aliphatic heterocycles. The second kappa shape index (κ2) is 11.6. The molecule has 0 aliphatic rings. The maximum absolute atomic E-state index is 13.7. The molecule has 196 valence electrons. The Morgan fingerprint density at radius 2 is 1.89 bits per heavy atom. The Bertz CT molecular complexity index is 1470. The van der Waals surface area contributed by atoms with Gasteiger partial charge in [-0.2, -0.15) is 4.31 Å². The first-order chi connectivity index (χ1) is 17.8. The number of carbonyl (C=O) groups is 1. The van der Waals surface area contributed by atoms with Gasteiger partial charge in [0, 0.05) is 18.7 Å². The lowest BCUT2D eigenvalue weighted by Crippen LogP contribution is -2.32. The molecular formula is C26H28ClN3O5S2. The van der Waals surface area contributed by atoms with Crippen molar-refractivity contribution < 1.29 is 22.4 Å². The van der Waals surface area contributed by atoms with Gasteiger partial charge in [-0.25, -0.2) is 13.4 Å². The molecule has 0 bridgehead atoms. The molecule has 2 heterocycles. The van der Waals surface area contributed by atoms with E-state index < -0.39 is 10.0 Å². The summed E-state index contributed by atoms with van der Waals surface area (Å²) < 4.78 is 39.3. The van der Waals surface area contributed by atoms with Gasteiger partial charge in [0.15, 0.2) is 5.13 Å². The Morgan fingerprint density at radius 1 is 1.14 bits per heavy atom. The van der Waals surface area contributed by atoms with E-state index in [2.05, 4.69) is 4.98 Å². The number of fused-ring (bicyclic) bond motifs is 1. The highest BCUT2D eigenvalue weighted by Gasteiger charge is 2.26. The molecule has 0 fully saturated rings. The van der Waals surface area contributed by atoms with E-state index in [0.29, 0.717) is 50.5 Å². The van der Waals surface area contributed by atoms with Crippen molar-refractivity contribution in [2.45, 2.75) is 38.1 Å². The van der Waals surface area contributed by atoms with Gasteiger partial charge in [-0.1, -0.05) is 43.2 Å². The van der Waals surface area contributed by atoms with Gasteiger partial charge in [0.05, 0.1) is 34.5 Å². The van der Waals surface area contributed by atoms with E-state index in [9.17, 15) is 13.2 Å². The Kier molecular flexibility index (Phi) is 8.53.